The van der Waals surface area contributed by atoms with Gasteiger partial charge in [0.05, 0.1) is 53.8 Å². The van der Waals surface area contributed by atoms with Crippen molar-refractivity contribution in [2.75, 3.05) is 29.9 Å². The smallest absolute Gasteiger partial charge is 0.322 e. The van der Waals surface area contributed by atoms with E-state index in [0.29, 0.717) is 35.1 Å². The minimum absolute atomic E-state index is 0.0423. The first-order valence-corrected chi connectivity index (χ1v) is 13.9. The Morgan fingerprint density at radius 2 is 1.93 bits per heavy atom. The van der Waals surface area contributed by atoms with E-state index < -0.39 is 29.7 Å². The highest BCUT2D eigenvalue weighted by Crippen LogP contribution is 2.51. The molecule has 2 saturated heterocycles. The Kier molecular flexibility index (Phi) is 5.65. The van der Waals surface area contributed by atoms with Gasteiger partial charge < -0.3 is 19.9 Å². The van der Waals surface area contributed by atoms with Crippen molar-refractivity contribution in [3.05, 3.63) is 18.5 Å². The Balaban J connectivity index is 1.16. The SMILES string of the molecule is CC(C)(F)Cn1nc(N2CC(OC3CC3)C2)c2cnc(-c3[nH]ncc3NC(=O)N3CC(F)(F)CCC34CC4)cc21. The molecule has 2 aliphatic carbocycles. The number of anilines is 2. The molecular weight excluding hydrogens is 525 g/mol. The molecule has 3 aromatic rings. The minimum atomic E-state index is -2.90. The molecule has 40 heavy (non-hydrogen) atoms. The quantitative estimate of drug-likeness (QED) is 0.435. The van der Waals surface area contributed by atoms with Gasteiger partial charge >= 0.3 is 6.03 Å². The molecule has 4 fully saturated rings. The van der Waals surface area contributed by atoms with Crippen LogP contribution >= 0.6 is 0 Å². The number of hydrogen-bond acceptors (Lipinski definition) is 6. The van der Waals surface area contributed by atoms with Gasteiger partial charge in [-0.25, -0.2) is 18.0 Å². The van der Waals surface area contributed by atoms with E-state index in [-0.39, 0.29) is 19.1 Å². The van der Waals surface area contributed by atoms with Gasteiger partial charge in [0, 0.05) is 31.2 Å². The molecule has 0 bridgehead atoms. The summed E-state index contributed by atoms with van der Waals surface area (Å²) in [5.74, 6) is -2.18. The zero-order valence-corrected chi connectivity index (χ0v) is 22.6. The van der Waals surface area contributed by atoms with Crippen molar-refractivity contribution in [3.8, 4) is 11.4 Å². The van der Waals surface area contributed by atoms with Crippen molar-refractivity contribution in [2.24, 2.45) is 0 Å². The van der Waals surface area contributed by atoms with Gasteiger partial charge in [-0.3, -0.25) is 14.8 Å². The lowest BCUT2D eigenvalue weighted by Crippen LogP contribution is -2.54. The summed E-state index contributed by atoms with van der Waals surface area (Å²) in [7, 11) is 0. The second-order valence-corrected chi connectivity index (χ2v) is 12.4. The van der Waals surface area contributed by atoms with Gasteiger partial charge in [0.1, 0.15) is 11.4 Å². The van der Waals surface area contributed by atoms with Gasteiger partial charge in [-0.15, -0.1) is 0 Å². The number of nitrogens with one attached hydrogen (secondary N) is 2. The lowest BCUT2D eigenvalue weighted by molar-refractivity contribution is -0.0721. The van der Waals surface area contributed by atoms with Gasteiger partial charge in [-0.2, -0.15) is 10.2 Å². The van der Waals surface area contributed by atoms with Crippen molar-refractivity contribution in [1.29, 1.82) is 0 Å². The van der Waals surface area contributed by atoms with E-state index in [1.54, 1.807) is 16.9 Å². The number of alkyl halides is 3. The maximum atomic E-state index is 14.8. The number of pyridine rings is 1. The van der Waals surface area contributed by atoms with Gasteiger partial charge in [-0.1, -0.05) is 0 Å². The number of halogens is 3. The molecule has 0 atom stereocenters. The summed E-state index contributed by atoms with van der Waals surface area (Å²) in [6, 6.07) is 1.21. The molecule has 0 aromatic carbocycles. The van der Waals surface area contributed by atoms with Crippen LogP contribution in [0.3, 0.4) is 0 Å². The Morgan fingerprint density at radius 3 is 2.62 bits per heavy atom. The Bertz CT molecular complexity index is 1450. The summed E-state index contributed by atoms with van der Waals surface area (Å²) in [6.45, 7) is 3.89. The average molecular weight is 559 g/mol. The fourth-order valence-corrected chi connectivity index (χ4v) is 5.81. The van der Waals surface area contributed by atoms with E-state index in [1.165, 1.54) is 24.9 Å². The van der Waals surface area contributed by atoms with Crippen LogP contribution < -0.4 is 10.2 Å². The molecule has 7 rings (SSSR count). The van der Waals surface area contributed by atoms with Crippen LogP contribution in [0.25, 0.3) is 22.3 Å². The molecule has 13 heteroatoms. The first-order valence-electron chi connectivity index (χ1n) is 13.9. The molecule has 0 unspecified atom stereocenters. The molecule has 2 aliphatic heterocycles. The number of aromatic nitrogens is 5. The highest BCUT2D eigenvalue weighted by atomic mass is 19.3. The summed E-state index contributed by atoms with van der Waals surface area (Å²) in [6.07, 6.45) is 7.48. The summed E-state index contributed by atoms with van der Waals surface area (Å²) in [5.41, 5.74) is -0.0608. The third kappa shape index (κ3) is 4.77. The van der Waals surface area contributed by atoms with Crippen LogP contribution in [0.4, 0.5) is 29.5 Å². The maximum Gasteiger partial charge on any atom is 0.322 e. The minimum Gasteiger partial charge on any atom is -0.371 e. The van der Waals surface area contributed by atoms with Crippen LogP contribution in [0.2, 0.25) is 0 Å². The Labute approximate surface area is 229 Å². The van der Waals surface area contributed by atoms with E-state index in [9.17, 15) is 18.0 Å². The average Bonchev–Trinajstić information content (AvgIpc) is 3.77. The molecule has 3 aromatic heterocycles. The zero-order chi connectivity index (χ0) is 27.9. The lowest BCUT2D eigenvalue weighted by atomic mass is 9.97. The lowest BCUT2D eigenvalue weighted by Gasteiger charge is -2.40. The van der Waals surface area contributed by atoms with Crippen molar-refractivity contribution in [2.45, 2.75) is 88.3 Å². The number of aromatic amines is 1. The second kappa shape index (κ2) is 8.82. The largest absolute Gasteiger partial charge is 0.371 e. The predicted molar refractivity (Wildman–Crippen MR) is 142 cm³/mol. The van der Waals surface area contributed by atoms with Crippen LogP contribution in [-0.2, 0) is 11.3 Å². The van der Waals surface area contributed by atoms with Crippen molar-refractivity contribution in [1.82, 2.24) is 29.9 Å². The Morgan fingerprint density at radius 1 is 1.18 bits per heavy atom. The summed E-state index contributed by atoms with van der Waals surface area (Å²) in [5, 5.41) is 15.3. The third-order valence-corrected chi connectivity index (χ3v) is 8.33. The number of piperidine rings is 1. The van der Waals surface area contributed by atoms with Crippen LogP contribution in [0.15, 0.2) is 18.5 Å². The standard InChI is InChI=1S/C27H33F3N8O2/c1-25(2,28)14-38-21-9-19(31-10-18(21)23(35-38)36-12-17(13-36)40-16-3-4-16)22-20(11-32-34-22)33-24(39)37-15-27(29,30)8-7-26(37)5-6-26/h9-11,16-17H,3-8,12-15H2,1-2H3,(H,32,34)(H,33,39). The van der Waals surface area contributed by atoms with Gasteiger partial charge in [0.15, 0.2) is 5.82 Å². The van der Waals surface area contributed by atoms with Crippen LogP contribution in [0.1, 0.15) is 52.4 Å². The fourth-order valence-electron chi connectivity index (χ4n) is 5.81. The highest BCUT2D eigenvalue weighted by molar-refractivity contribution is 5.96. The van der Waals surface area contributed by atoms with Gasteiger partial charge in [0.2, 0.25) is 0 Å². The molecule has 4 aliphatic rings. The number of urea groups is 1. The first-order chi connectivity index (χ1) is 19.0. The number of likely N-dealkylation sites (tertiary alicyclic amines) is 1. The molecule has 214 valence electrons. The van der Waals surface area contributed by atoms with E-state index >= 15 is 0 Å². The normalized spacial score (nSPS) is 22.1. The van der Waals surface area contributed by atoms with Crippen LogP contribution in [-0.4, -0.2) is 84.9 Å². The number of amides is 2. The number of hydrogen-bond donors (Lipinski definition) is 2. The van der Waals surface area contributed by atoms with Gasteiger partial charge in [0.25, 0.3) is 5.92 Å². The highest BCUT2D eigenvalue weighted by Gasteiger charge is 2.57. The van der Waals surface area contributed by atoms with Crippen molar-refractivity contribution in [3.63, 3.8) is 0 Å². The van der Waals surface area contributed by atoms with Crippen LogP contribution in [0, 0.1) is 0 Å². The number of fused-ring (bicyclic) bond motifs is 1. The molecule has 0 radical (unpaired) electrons. The van der Waals surface area contributed by atoms with E-state index in [1.807, 2.05) is 0 Å². The molecule has 10 nitrogen and oxygen atoms in total. The van der Waals surface area contributed by atoms with E-state index in [4.69, 9.17) is 9.84 Å². The summed E-state index contributed by atoms with van der Waals surface area (Å²) < 4.78 is 50.8. The van der Waals surface area contributed by atoms with Crippen molar-refractivity contribution < 1.29 is 22.7 Å². The Hall–Kier alpha value is -3.35. The number of rotatable bonds is 7. The molecule has 2 amide bonds. The van der Waals surface area contributed by atoms with Crippen molar-refractivity contribution >= 4 is 28.4 Å². The molecule has 5 heterocycles. The first kappa shape index (κ1) is 25.6. The number of ether oxygens (including phenoxy) is 1. The van der Waals surface area contributed by atoms with E-state index in [0.717, 1.165) is 50.0 Å². The maximum absolute atomic E-state index is 14.8. The zero-order valence-electron chi connectivity index (χ0n) is 22.6. The van der Waals surface area contributed by atoms with Crippen LogP contribution in [0.5, 0.6) is 0 Å². The van der Waals surface area contributed by atoms with E-state index in [2.05, 4.69) is 25.4 Å². The fraction of sp³-hybridized carbons (Fsp3) is 0.630. The summed E-state index contributed by atoms with van der Waals surface area (Å²) >= 11 is 0. The monoisotopic (exact) mass is 558 g/mol. The number of H-pyrrole nitrogens is 1. The molecule has 1 spiro atoms. The predicted octanol–water partition coefficient (Wildman–Crippen LogP) is 4.73. The second-order valence-electron chi connectivity index (χ2n) is 12.4. The van der Waals surface area contributed by atoms with Gasteiger partial charge in [-0.05, 0) is 52.0 Å². The molecular formula is C27H33F3N8O2. The molecule has 2 N–H and O–H groups in total. The summed E-state index contributed by atoms with van der Waals surface area (Å²) in [4.78, 5) is 21.2. The third-order valence-electron chi connectivity index (χ3n) is 8.33. The number of carbonyl (C=O) groups excluding carboxylic acids is 1. The topological polar surface area (TPSA) is 104 Å². The number of carbonyl (C=O) groups is 1. The number of nitrogens with zero attached hydrogens (tertiary/aromatic N) is 6. The molecule has 2 saturated carbocycles.